The second-order valence-electron chi connectivity index (χ2n) is 8.18. The van der Waals surface area contributed by atoms with Crippen molar-refractivity contribution in [2.45, 2.75) is 32.6 Å². The molecule has 2 aromatic carbocycles. The van der Waals surface area contributed by atoms with Crippen molar-refractivity contribution in [1.82, 2.24) is 20.1 Å². The highest BCUT2D eigenvalue weighted by molar-refractivity contribution is 6.45. The van der Waals surface area contributed by atoms with Gasteiger partial charge < -0.3 is 9.88 Å². The number of aromatic amines is 2. The van der Waals surface area contributed by atoms with Crippen molar-refractivity contribution in [3.63, 3.8) is 0 Å². The number of likely N-dealkylation sites (N-methyl/N-ethyl adjacent to an activating group) is 1. The Kier molecular flexibility index (Phi) is 6.50. The Balaban J connectivity index is 1.25. The number of carbonyl (C=O) groups excluding carboxylic acids is 2. The maximum Gasteiger partial charge on any atom is 0.294 e. The predicted molar refractivity (Wildman–Crippen MR) is 127 cm³/mol. The third-order valence-corrected chi connectivity index (χ3v) is 5.80. The third kappa shape index (κ3) is 4.64. The molecule has 6 nitrogen and oxygen atoms in total. The summed E-state index contributed by atoms with van der Waals surface area (Å²) in [6.45, 7) is 2.39. The van der Waals surface area contributed by atoms with E-state index in [9.17, 15) is 9.59 Å². The lowest BCUT2D eigenvalue weighted by Gasteiger charge is -2.16. The summed E-state index contributed by atoms with van der Waals surface area (Å²) in [7, 11) is 1.70. The zero-order valence-electron chi connectivity index (χ0n) is 18.5. The van der Waals surface area contributed by atoms with E-state index in [0.29, 0.717) is 12.1 Å². The summed E-state index contributed by atoms with van der Waals surface area (Å²) in [6.07, 6.45) is 3.72. The number of benzene rings is 2. The number of H-pyrrole nitrogens is 2. The Bertz CT molecular complexity index is 1220. The summed E-state index contributed by atoms with van der Waals surface area (Å²) in [5, 5.41) is 8.30. The standard InChI is InChI=1S/C26H28N4O2/c1-18-24(21-14-8-9-15-22(21)27-18)25(31)26(32)30(2)16-10-4-7-13-20-17-23(29-28-20)19-11-5-3-6-12-19/h3,5-6,8-9,11-12,14-15,17,27H,4,7,10,13,16H2,1-2H3,(H,28,29). The molecule has 2 N–H and O–H groups in total. The molecule has 4 rings (SSSR count). The number of carbonyl (C=O) groups is 2. The molecule has 2 heterocycles. The van der Waals surface area contributed by atoms with Crippen LogP contribution in [-0.2, 0) is 11.2 Å². The maximum absolute atomic E-state index is 12.9. The molecule has 32 heavy (non-hydrogen) atoms. The lowest BCUT2D eigenvalue weighted by Crippen LogP contribution is -2.34. The molecule has 0 aliphatic rings. The van der Waals surface area contributed by atoms with Crippen molar-refractivity contribution in [3.8, 4) is 11.3 Å². The predicted octanol–water partition coefficient (Wildman–Crippen LogP) is 4.92. The molecule has 0 radical (unpaired) electrons. The van der Waals surface area contributed by atoms with Gasteiger partial charge in [0.2, 0.25) is 0 Å². The monoisotopic (exact) mass is 428 g/mol. The number of para-hydroxylation sites is 1. The van der Waals surface area contributed by atoms with Gasteiger partial charge in [0.05, 0.1) is 11.3 Å². The van der Waals surface area contributed by atoms with Crippen LogP contribution < -0.4 is 0 Å². The fraction of sp³-hybridized carbons (Fsp3) is 0.269. The number of nitrogens with one attached hydrogen (secondary N) is 2. The van der Waals surface area contributed by atoms with Crippen LogP contribution in [0.3, 0.4) is 0 Å². The number of aryl methyl sites for hydroxylation is 2. The maximum atomic E-state index is 12.9. The summed E-state index contributed by atoms with van der Waals surface area (Å²) in [5.41, 5.74) is 5.25. The van der Waals surface area contributed by atoms with E-state index in [1.807, 2.05) is 61.5 Å². The molecule has 0 atom stereocenters. The smallest absolute Gasteiger partial charge is 0.294 e. The van der Waals surface area contributed by atoms with Crippen molar-refractivity contribution < 1.29 is 9.59 Å². The van der Waals surface area contributed by atoms with E-state index in [0.717, 1.165) is 59.2 Å². The molecule has 0 aliphatic carbocycles. The van der Waals surface area contributed by atoms with Gasteiger partial charge in [0, 0.05) is 41.4 Å². The van der Waals surface area contributed by atoms with Crippen LogP contribution >= 0.6 is 0 Å². The van der Waals surface area contributed by atoms with Crippen LogP contribution in [0, 0.1) is 6.92 Å². The number of hydrogen-bond donors (Lipinski definition) is 2. The number of rotatable bonds is 9. The fourth-order valence-electron chi connectivity index (χ4n) is 4.04. The van der Waals surface area contributed by atoms with E-state index < -0.39 is 11.7 Å². The van der Waals surface area contributed by atoms with Gasteiger partial charge in [-0.15, -0.1) is 0 Å². The van der Waals surface area contributed by atoms with E-state index in [1.165, 1.54) is 4.90 Å². The third-order valence-electron chi connectivity index (χ3n) is 5.80. The highest BCUT2D eigenvalue weighted by Gasteiger charge is 2.25. The van der Waals surface area contributed by atoms with E-state index in [-0.39, 0.29) is 0 Å². The van der Waals surface area contributed by atoms with Crippen molar-refractivity contribution in [3.05, 3.63) is 77.6 Å². The molecule has 2 aromatic heterocycles. The Hall–Kier alpha value is -3.67. The van der Waals surface area contributed by atoms with Crippen molar-refractivity contribution in [2.75, 3.05) is 13.6 Å². The first-order valence-electron chi connectivity index (χ1n) is 11.0. The first kappa shape index (κ1) is 21.6. The second kappa shape index (κ2) is 9.64. The number of unbranched alkanes of at least 4 members (excludes halogenated alkanes) is 2. The van der Waals surface area contributed by atoms with Gasteiger partial charge in [-0.1, -0.05) is 55.0 Å². The number of amides is 1. The molecule has 0 bridgehead atoms. The lowest BCUT2D eigenvalue weighted by molar-refractivity contribution is -0.125. The van der Waals surface area contributed by atoms with Gasteiger partial charge in [0.25, 0.3) is 11.7 Å². The van der Waals surface area contributed by atoms with Crippen LogP contribution in [0.5, 0.6) is 0 Å². The van der Waals surface area contributed by atoms with E-state index in [2.05, 4.69) is 21.2 Å². The molecular weight excluding hydrogens is 400 g/mol. The molecule has 0 unspecified atom stereocenters. The van der Waals surface area contributed by atoms with Crippen LogP contribution in [0.4, 0.5) is 0 Å². The quantitative estimate of drug-likeness (QED) is 0.225. The zero-order chi connectivity index (χ0) is 22.5. The molecule has 164 valence electrons. The van der Waals surface area contributed by atoms with Gasteiger partial charge in [-0.2, -0.15) is 5.10 Å². The Morgan fingerprint density at radius 1 is 0.969 bits per heavy atom. The van der Waals surface area contributed by atoms with Gasteiger partial charge in [0.1, 0.15) is 0 Å². The van der Waals surface area contributed by atoms with Gasteiger partial charge in [0.15, 0.2) is 0 Å². The Labute approximate surface area is 187 Å². The average Bonchev–Trinajstić information content (AvgIpc) is 3.42. The van der Waals surface area contributed by atoms with Crippen LogP contribution in [0.15, 0.2) is 60.7 Å². The highest BCUT2D eigenvalue weighted by atomic mass is 16.2. The SMILES string of the molecule is Cc1[nH]c2ccccc2c1C(=O)C(=O)N(C)CCCCCc1cc(-c2ccccc2)n[nH]1. The summed E-state index contributed by atoms with van der Waals surface area (Å²) < 4.78 is 0. The summed E-state index contributed by atoms with van der Waals surface area (Å²) >= 11 is 0. The minimum absolute atomic E-state index is 0.451. The van der Waals surface area contributed by atoms with Gasteiger partial charge in [-0.25, -0.2) is 0 Å². The number of nitrogens with zero attached hydrogens (tertiary/aromatic N) is 2. The van der Waals surface area contributed by atoms with Crippen molar-refractivity contribution >= 4 is 22.6 Å². The Morgan fingerprint density at radius 2 is 1.72 bits per heavy atom. The minimum atomic E-state index is -0.459. The first-order valence-corrected chi connectivity index (χ1v) is 11.0. The molecule has 1 amide bonds. The Morgan fingerprint density at radius 3 is 2.53 bits per heavy atom. The minimum Gasteiger partial charge on any atom is -0.358 e. The molecule has 0 spiro atoms. The largest absolute Gasteiger partial charge is 0.358 e. The normalized spacial score (nSPS) is 11.1. The summed E-state index contributed by atoms with van der Waals surface area (Å²) in [6, 6.07) is 19.8. The lowest BCUT2D eigenvalue weighted by atomic mass is 10.1. The molecule has 0 aliphatic heterocycles. The first-order chi connectivity index (χ1) is 15.5. The summed E-state index contributed by atoms with van der Waals surface area (Å²) in [4.78, 5) is 30.3. The summed E-state index contributed by atoms with van der Waals surface area (Å²) in [5.74, 6) is -0.910. The number of fused-ring (bicyclic) bond motifs is 1. The molecular formula is C26H28N4O2. The van der Waals surface area contributed by atoms with Crippen LogP contribution in [0.25, 0.3) is 22.2 Å². The van der Waals surface area contributed by atoms with E-state index in [1.54, 1.807) is 7.05 Å². The number of aromatic nitrogens is 3. The fourth-order valence-corrected chi connectivity index (χ4v) is 4.04. The molecule has 6 heteroatoms. The number of Topliss-reactive ketones (excluding diaryl/α,β-unsaturated/α-hetero) is 1. The number of hydrogen-bond acceptors (Lipinski definition) is 3. The highest BCUT2D eigenvalue weighted by Crippen LogP contribution is 2.23. The molecule has 0 fully saturated rings. The van der Waals surface area contributed by atoms with Crippen LogP contribution in [0.1, 0.15) is 41.0 Å². The van der Waals surface area contributed by atoms with E-state index >= 15 is 0 Å². The zero-order valence-corrected chi connectivity index (χ0v) is 18.5. The topological polar surface area (TPSA) is 81.8 Å². The van der Waals surface area contributed by atoms with Crippen LogP contribution in [-0.4, -0.2) is 45.4 Å². The van der Waals surface area contributed by atoms with Crippen molar-refractivity contribution in [1.29, 1.82) is 0 Å². The molecule has 4 aromatic rings. The van der Waals surface area contributed by atoms with Gasteiger partial charge >= 0.3 is 0 Å². The van der Waals surface area contributed by atoms with Crippen molar-refractivity contribution in [2.24, 2.45) is 0 Å². The van der Waals surface area contributed by atoms with E-state index in [4.69, 9.17) is 0 Å². The van der Waals surface area contributed by atoms with Gasteiger partial charge in [-0.3, -0.25) is 14.7 Å². The van der Waals surface area contributed by atoms with Gasteiger partial charge in [-0.05, 0) is 38.3 Å². The average molecular weight is 429 g/mol. The van der Waals surface area contributed by atoms with Crippen LogP contribution in [0.2, 0.25) is 0 Å². The number of ketones is 1. The molecule has 0 saturated carbocycles. The second-order valence-corrected chi connectivity index (χ2v) is 8.18. The molecule has 0 saturated heterocycles.